The highest BCUT2D eigenvalue weighted by molar-refractivity contribution is 6.08. The molecule has 1 N–H and O–H groups in total. The smallest absolute Gasteiger partial charge is 0.241 e. The molecule has 1 aromatic heterocycles. The molecule has 0 spiro atoms. The zero-order valence-electron chi connectivity index (χ0n) is 17.0. The molecule has 0 saturated carbocycles. The van der Waals surface area contributed by atoms with Crippen LogP contribution in [-0.4, -0.2) is 30.9 Å². The van der Waals surface area contributed by atoms with Gasteiger partial charge in [-0.25, -0.2) is 5.43 Å². The summed E-state index contributed by atoms with van der Waals surface area (Å²) >= 11 is 0. The first kappa shape index (κ1) is 19.5. The molecule has 0 aliphatic rings. The summed E-state index contributed by atoms with van der Waals surface area (Å²) in [5.74, 6) is 1.03. The summed E-state index contributed by atoms with van der Waals surface area (Å²) in [6, 6.07) is 22.0. The van der Waals surface area contributed by atoms with Crippen LogP contribution < -0.4 is 14.9 Å². The first-order valence-corrected chi connectivity index (χ1v) is 9.72. The van der Waals surface area contributed by atoms with Gasteiger partial charge in [0.05, 0.1) is 20.4 Å². The predicted octanol–water partition coefficient (Wildman–Crippen LogP) is 4.35. The standard InChI is InChI=1S/C24H23N3O3/c1-29-22-13-7-8-17(24(22)30-2)16-25-26-23(28)14-15-27-20-11-5-3-9-18(20)19-10-4-6-12-21(19)27/h3-13,16H,14-15H2,1-2H3,(H,26,28)/b25-16-. The molecule has 0 fully saturated rings. The molecule has 0 radical (unpaired) electrons. The van der Waals surface area contributed by atoms with E-state index < -0.39 is 0 Å². The molecular formula is C24H23N3O3. The summed E-state index contributed by atoms with van der Waals surface area (Å²) in [4.78, 5) is 12.4. The molecule has 0 bridgehead atoms. The van der Waals surface area contributed by atoms with Crippen LogP contribution in [0.15, 0.2) is 71.8 Å². The molecule has 1 amide bonds. The quantitative estimate of drug-likeness (QED) is 0.370. The van der Waals surface area contributed by atoms with Gasteiger partial charge in [0.2, 0.25) is 5.91 Å². The van der Waals surface area contributed by atoms with E-state index in [0.29, 0.717) is 24.5 Å². The van der Waals surface area contributed by atoms with Crippen LogP contribution in [0.5, 0.6) is 11.5 Å². The normalized spacial score (nSPS) is 11.3. The minimum absolute atomic E-state index is 0.157. The second-order valence-electron chi connectivity index (χ2n) is 6.81. The Hall–Kier alpha value is -3.80. The monoisotopic (exact) mass is 401 g/mol. The van der Waals surface area contributed by atoms with Crippen LogP contribution in [0, 0.1) is 0 Å². The van der Waals surface area contributed by atoms with Crippen LogP contribution in [0.1, 0.15) is 12.0 Å². The maximum atomic E-state index is 12.4. The number of benzene rings is 3. The zero-order valence-corrected chi connectivity index (χ0v) is 17.0. The van der Waals surface area contributed by atoms with Crippen molar-refractivity contribution in [3.8, 4) is 11.5 Å². The lowest BCUT2D eigenvalue weighted by Gasteiger charge is -2.09. The lowest BCUT2D eigenvalue weighted by molar-refractivity contribution is -0.121. The van der Waals surface area contributed by atoms with E-state index in [4.69, 9.17) is 9.47 Å². The van der Waals surface area contributed by atoms with Crippen LogP contribution in [0.25, 0.3) is 21.8 Å². The Bertz CT molecular complexity index is 1170. The predicted molar refractivity (Wildman–Crippen MR) is 119 cm³/mol. The number of aryl methyl sites for hydroxylation is 1. The van der Waals surface area contributed by atoms with Gasteiger partial charge in [-0.15, -0.1) is 0 Å². The molecule has 6 heteroatoms. The van der Waals surface area contributed by atoms with Crippen molar-refractivity contribution in [1.29, 1.82) is 0 Å². The molecule has 3 aromatic carbocycles. The maximum Gasteiger partial charge on any atom is 0.241 e. The number of carbonyl (C=O) groups is 1. The molecule has 152 valence electrons. The summed E-state index contributed by atoms with van der Waals surface area (Å²) in [5.41, 5.74) is 5.56. The van der Waals surface area contributed by atoms with Gasteiger partial charge in [-0.3, -0.25) is 4.79 Å². The number of aromatic nitrogens is 1. The van der Waals surface area contributed by atoms with Gasteiger partial charge in [-0.1, -0.05) is 42.5 Å². The fourth-order valence-electron chi connectivity index (χ4n) is 3.70. The van der Waals surface area contributed by atoms with Gasteiger partial charge < -0.3 is 14.0 Å². The number of hydrazone groups is 1. The Balaban J connectivity index is 1.47. The molecular weight excluding hydrogens is 378 g/mol. The van der Waals surface area contributed by atoms with Crippen molar-refractivity contribution in [3.63, 3.8) is 0 Å². The summed E-state index contributed by atoms with van der Waals surface area (Å²) in [6.07, 6.45) is 1.87. The molecule has 4 aromatic rings. The highest BCUT2D eigenvalue weighted by atomic mass is 16.5. The molecule has 4 rings (SSSR count). The third kappa shape index (κ3) is 3.72. The first-order chi connectivity index (χ1) is 14.7. The number of amides is 1. The van der Waals surface area contributed by atoms with Gasteiger partial charge in [0, 0.05) is 40.3 Å². The number of nitrogens with one attached hydrogen (secondary N) is 1. The van der Waals surface area contributed by atoms with Crippen molar-refractivity contribution in [2.24, 2.45) is 5.10 Å². The summed E-state index contributed by atoms with van der Waals surface area (Å²) in [5, 5.41) is 6.46. The first-order valence-electron chi connectivity index (χ1n) is 9.72. The SMILES string of the molecule is COc1cccc(/C=N\NC(=O)CCn2c3ccccc3c3ccccc32)c1OC. The third-order valence-corrected chi connectivity index (χ3v) is 5.07. The van der Waals surface area contributed by atoms with Crippen LogP contribution >= 0.6 is 0 Å². The van der Waals surface area contributed by atoms with Gasteiger partial charge in [0.25, 0.3) is 0 Å². The average Bonchev–Trinajstić information content (AvgIpc) is 3.11. The topological polar surface area (TPSA) is 64.8 Å². The molecule has 30 heavy (non-hydrogen) atoms. The highest BCUT2D eigenvalue weighted by Gasteiger charge is 2.11. The van der Waals surface area contributed by atoms with E-state index in [9.17, 15) is 4.79 Å². The molecule has 0 saturated heterocycles. The van der Waals surface area contributed by atoms with E-state index in [-0.39, 0.29) is 5.91 Å². The summed E-state index contributed by atoms with van der Waals surface area (Å²) in [7, 11) is 3.15. The fraction of sp³-hybridized carbons (Fsp3) is 0.167. The third-order valence-electron chi connectivity index (χ3n) is 5.07. The lowest BCUT2D eigenvalue weighted by atomic mass is 10.2. The average molecular weight is 401 g/mol. The number of fused-ring (bicyclic) bond motifs is 3. The van der Waals surface area contributed by atoms with Gasteiger partial charge in [-0.2, -0.15) is 5.10 Å². The lowest BCUT2D eigenvalue weighted by Crippen LogP contribution is -2.19. The second kappa shape index (κ2) is 8.69. The molecule has 0 atom stereocenters. The van der Waals surface area contributed by atoms with Crippen LogP contribution in [0.3, 0.4) is 0 Å². The van der Waals surface area contributed by atoms with Crippen molar-refractivity contribution in [3.05, 3.63) is 72.3 Å². The Morgan fingerprint density at radius 1 is 0.933 bits per heavy atom. The number of hydrogen-bond donors (Lipinski definition) is 1. The van der Waals surface area contributed by atoms with Crippen molar-refractivity contribution in [2.75, 3.05) is 14.2 Å². The molecule has 6 nitrogen and oxygen atoms in total. The Kier molecular flexibility index (Phi) is 5.66. The summed E-state index contributed by atoms with van der Waals surface area (Å²) < 4.78 is 12.8. The van der Waals surface area contributed by atoms with Crippen molar-refractivity contribution in [1.82, 2.24) is 9.99 Å². The fourth-order valence-corrected chi connectivity index (χ4v) is 3.70. The number of hydrogen-bond acceptors (Lipinski definition) is 4. The summed E-state index contributed by atoms with van der Waals surface area (Å²) in [6.45, 7) is 0.567. The van der Waals surface area contributed by atoms with E-state index in [1.165, 1.54) is 10.8 Å². The van der Waals surface area contributed by atoms with E-state index in [2.05, 4.69) is 39.4 Å². The van der Waals surface area contributed by atoms with Crippen LogP contribution in [-0.2, 0) is 11.3 Å². The highest BCUT2D eigenvalue weighted by Crippen LogP contribution is 2.30. The minimum Gasteiger partial charge on any atom is -0.493 e. The minimum atomic E-state index is -0.157. The molecule has 1 heterocycles. The number of para-hydroxylation sites is 3. The Morgan fingerprint density at radius 2 is 1.60 bits per heavy atom. The second-order valence-corrected chi connectivity index (χ2v) is 6.81. The van der Waals surface area contributed by atoms with Gasteiger partial charge >= 0.3 is 0 Å². The molecule has 0 unspecified atom stereocenters. The van der Waals surface area contributed by atoms with Crippen molar-refractivity contribution >= 4 is 33.9 Å². The van der Waals surface area contributed by atoms with E-state index >= 15 is 0 Å². The van der Waals surface area contributed by atoms with E-state index in [1.54, 1.807) is 26.5 Å². The number of carbonyl (C=O) groups excluding carboxylic acids is 1. The number of ether oxygens (including phenoxy) is 2. The number of methoxy groups -OCH3 is 2. The largest absolute Gasteiger partial charge is 0.493 e. The van der Waals surface area contributed by atoms with Crippen molar-refractivity contribution < 1.29 is 14.3 Å². The number of nitrogens with zero attached hydrogens (tertiary/aromatic N) is 2. The maximum absolute atomic E-state index is 12.4. The van der Waals surface area contributed by atoms with E-state index in [1.807, 2.05) is 36.4 Å². The Labute approximate surface area is 174 Å². The van der Waals surface area contributed by atoms with E-state index in [0.717, 1.165) is 16.6 Å². The van der Waals surface area contributed by atoms with Crippen LogP contribution in [0.2, 0.25) is 0 Å². The number of rotatable bonds is 7. The van der Waals surface area contributed by atoms with Gasteiger partial charge in [-0.05, 0) is 24.3 Å². The van der Waals surface area contributed by atoms with Crippen LogP contribution in [0.4, 0.5) is 0 Å². The van der Waals surface area contributed by atoms with Gasteiger partial charge in [0.15, 0.2) is 11.5 Å². The molecule has 0 aliphatic heterocycles. The van der Waals surface area contributed by atoms with Gasteiger partial charge in [0.1, 0.15) is 0 Å². The zero-order chi connectivity index (χ0) is 20.9. The van der Waals surface area contributed by atoms with Crippen molar-refractivity contribution in [2.45, 2.75) is 13.0 Å². The Morgan fingerprint density at radius 3 is 2.23 bits per heavy atom. The molecule has 0 aliphatic carbocycles.